The van der Waals surface area contributed by atoms with Gasteiger partial charge in [0.25, 0.3) is 0 Å². The van der Waals surface area contributed by atoms with Gasteiger partial charge in [-0.1, -0.05) is 17.4 Å². The van der Waals surface area contributed by atoms with Crippen molar-refractivity contribution in [2.24, 2.45) is 11.8 Å². The Morgan fingerprint density at radius 1 is 1.10 bits per heavy atom. The van der Waals surface area contributed by atoms with E-state index in [1.807, 2.05) is 4.90 Å². The maximum atomic E-state index is 14.0. The van der Waals surface area contributed by atoms with E-state index in [2.05, 4.69) is 4.98 Å². The number of benzene rings is 2. The van der Waals surface area contributed by atoms with Gasteiger partial charge in [0.2, 0.25) is 0 Å². The highest BCUT2D eigenvalue weighted by molar-refractivity contribution is 7.17. The number of anilines is 1. The van der Waals surface area contributed by atoms with Crippen molar-refractivity contribution in [3.05, 3.63) is 81.1 Å². The molecule has 1 aromatic heterocycles. The molecule has 2 saturated heterocycles. The summed E-state index contributed by atoms with van der Waals surface area (Å²) < 4.78 is 107. The SMILES string of the molecule is Cc1cc(F)ccc1[C@@H]1[C@@H](O[C@H](C)c2cc(C(F)(F)F)cc(C(F)(F)F)c2)OC[C@@H]2CN(c3ncc(C(=O)O)s3)C[C@H]21. The van der Waals surface area contributed by atoms with Crippen LogP contribution in [0.3, 0.4) is 0 Å². The Hall–Kier alpha value is -3.23. The summed E-state index contributed by atoms with van der Waals surface area (Å²) in [5.74, 6) is -2.43. The van der Waals surface area contributed by atoms with E-state index in [4.69, 9.17) is 9.47 Å². The molecular weight excluding hydrogens is 593 g/mol. The molecule has 0 radical (unpaired) electrons. The summed E-state index contributed by atoms with van der Waals surface area (Å²) in [6, 6.07) is 5.48. The summed E-state index contributed by atoms with van der Waals surface area (Å²) in [6.07, 6.45) is -11.1. The number of hydrogen-bond donors (Lipinski definition) is 1. The number of rotatable bonds is 6. The molecule has 2 aliphatic heterocycles. The van der Waals surface area contributed by atoms with E-state index < -0.39 is 53.6 Å². The third kappa shape index (κ3) is 6.11. The predicted molar refractivity (Wildman–Crippen MR) is 138 cm³/mol. The second kappa shape index (κ2) is 11.1. The number of aromatic carboxylic acids is 1. The monoisotopic (exact) mass is 618 g/mol. The molecule has 2 aromatic carbocycles. The van der Waals surface area contributed by atoms with Gasteiger partial charge in [-0.05, 0) is 66.8 Å². The lowest BCUT2D eigenvalue weighted by atomic mass is 9.76. The minimum absolute atomic E-state index is 0.0596. The summed E-state index contributed by atoms with van der Waals surface area (Å²) in [5.41, 5.74) is -1.99. The number of alkyl halides is 6. The number of halogens is 7. The Bertz CT molecular complexity index is 1440. The number of aromatic nitrogens is 1. The first-order valence-electron chi connectivity index (χ1n) is 12.9. The molecule has 5 rings (SSSR count). The molecule has 42 heavy (non-hydrogen) atoms. The number of carboxylic acid groups (broad SMARTS) is 1. The van der Waals surface area contributed by atoms with Gasteiger partial charge < -0.3 is 19.5 Å². The van der Waals surface area contributed by atoms with Gasteiger partial charge in [0, 0.05) is 24.9 Å². The molecule has 0 bridgehead atoms. The van der Waals surface area contributed by atoms with E-state index in [-0.39, 0.29) is 34.9 Å². The van der Waals surface area contributed by atoms with Crippen molar-refractivity contribution in [2.45, 2.75) is 44.5 Å². The predicted octanol–water partition coefficient (Wildman–Crippen LogP) is 7.30. The summed E-state index contributed by atoms with van der Waals surface area (Å²) in [5, 5.41) is 9.78. The second-order valence-electron chi connectivity index (χ2n) is 10.5. The standard InChI is InChI=1S/C28H25F7N2O4S/c1-13-5-19(29)3-4-20(13)23-21-11-37(26-36-9-22(42-26)24(38)39)10-16(21)12-40-25(23)41-14(2)15-6-17(27(30,31)32)8-18(7-15)28(33,34)35/h3-9,14,16,21,23,25H,10-12H2,1-2H3,(H,38,39)/t14-,16+,21-,23+,25-/m1/s1. The van der Waals surface area contributed by atoms with Gasteiger partial charge >= 0.3 is 18.3 Å². The van der Waals surface area contributed by atoms with Crippen molar-refractivity contribution >= 4 is 22.4 Å². The second-order valence-corrected chi connectivity index (χ2v) is 11.5. The largest absolute Gasteiger partial charge is 0.477 e. The van der Waals surface area contributed by atoms with Crippen LogP contribution in [0.15, 0.2) is 42.6 Å². The van der Waals surface area contributed by atoms with Crippen LogP contribution in [0.1, 0.15) is 56.4 Å². The van der Waals surface area contributed by atoms with Crippen LogP contribution in [0.5, 0.6) is 0 Å². The molecule has 226 valence electrons. The zero-order valence-corrected chi connectivity index (χ0v) is 23.0. The van der Waals surface area contributed by atoms with E-state index in [0.29, 0.717) is 41.5 Å². The minimum atomic E-state index is -5.01. The van der Waals surface area contributed by atoms with Crippen LogP contribution in [-0.2, 0) is 21.8 Å². The van der Waals surface area contributed by atoms with E-state index in [1.165, 1.54) is 25.3 Å². The maximum absolute atomic E-state index is 14.0. The first-order valence-corrected chi connectivity index (χ1v) is 13.7. The molecule has 1 N–H and O–H groups in total. The lowest BCUT2D eigenvalue weighted by Gasteiger charge is -2.41. The average molecular weight is 619 g/mol. The molecule has 5 atom stereocenters. The van der Waals surface area contributed by atoms with Crippen LogP contribution in [0.4, 0.5) is 35.9 Å². The van der Waals surface area contributed by atoms with Gasteiger partial charge in [-0.15, -0.1) is 0 Å². The lowest BCUT2D eigenvalue weighted by Crippen LogP contribution is -2.42. The van der Waals surface area contributed by atoms with Crippen molar-refractivity contribution in [3.8, 4) is 0 Å². The average Bonchev–Trinajstić information content (AvgIpc) is 3.56. The summed E-state index contributed by atoms with van der Waals surface area (Å²) in [6.45, 7) is 4.08. The highest BCUT2D eigenvalue weighted by Gasteiger charge is 2.48. The van der Waals surface area contributed by atoms with Gasteiger partial charge in [0.05, 0.1) is 30.0 Å². The van der Waals surface area contributed by atoms with Crippen LogP contribution in [-0.4, -0.2) is 42.0 Å². The fraction of sp³-hybridized carbons (Fsp3) is 0.429. The van der Waals surface area contributed by atoms with Gasteiger partial charge in [-0.3, -0.25) is 0 Å². The molecule has 2 fully saturated rings. The molecule has 0 spiro atoms. The van der Waals surface area contributed by atoms with Crippen molar-refractivity contribution in [3.63, 3.8) is 0 Å². The summed E-state index contributed by atoms with van der Waals surface area (Å²) >= 11 is 1.01. The van der Waals surface area contributed by atoms with E-state index in [0.717, 1.165) is 11.3 Å². The summed E-state index contributed by atoms with van der Waals surface area (Å²) in [7, 11) is 0. The quantitative estimate of drug-likeness (QED) is 0.293. The molecule has 3 aromatic rings. The van der Waals surface area contributed by atoms with Gasteiger partial charge in [-0.2, -0.15) is 26.3 Å². The lowest BCUT2D eigenvalue weighted by molar-refractivity contribution is -0.217. The van der Waals surface area contributed by atoms with Crippen LogP contribution in [0.25, 0.3) is 0 Å². The van der Waals surface area contributed by atoms with Crippen molar-refractivity contribution in [2.75, 3.05) is 24.6 Å². The first-order chi connectivity index (χ1) is 19.6. The number of ether oxygens (including phenoxy) is 2. The van der Waals surface area contributed by atoms with E-state index in [1.54, 1.807) is 13.0 Å². The minimum Gasteiger partial charge on any atom is -0.477 e. The van der Waals surface area contributed by atoms with Gasteiger partial charge in [-0.25, -0.2) is 14.2 Å². The zero-order valence-electron chi connectivity index (χ0n) is 22.2. The van der Waals surface area contributed by atoms with Gasteiger partial charge in [0.1, 0.15) is 10.7 Å². The number of thiazole rings is 1. The van der Waals surface area contributed by atoms with Gasteiger partial charge in [0.15, 0.2) is 11.4 Å². The number of fused-ring (bicyclic) bond motifs is 1. The molecular formula is C28H25F7N2O4S. The number of aryl methyl sites for hydroxylation is 1. The van der Waals surface area contributed by atoms with E-state index >= 15 is 0 Å². The Morgan fingerprint density at radius 2 is 1.76 bits per heavy atom. The first kappa shape index (κ1) is 30.2. The molecule has 0 amide bonds. The number of nitrogens with zero attached hydrogens (tertiary/aromatic N) is 2. The van der Waals surface area contributed by atoms with Crippen molar-refractivity contribution in [1.82, 2.24) is 4.98 Å². The van der Waals surface area contributed by atoms with Crippen molar-refractivity contribution < 1.29 is 50.1 Å². The Labute approximate surface area is 239 Å². The van der Waals surface area contributed by atoms with Crippen LogP contribution < -0.4 is 4.90 Å². The molecule has 0 unspecified atom stereocenters. The molecule has 14 heteroatoms. The Kier molecular flexibility index (Phi) is 8.00. The van der Waals surface area contributed by atoms with Crippen LogP contribution in [0.2, 0.25) is 0 Å². The topological polar surface area (TPSA) is 71.9 Å². The third-order valence-corrected chi connectivity index (χ3v) is 8.75. The number of carbonyl (C=O) groups is 1. The van der Waals surface area contributed by atoms with Crippen LogP contribution >= 0.6 is 11.3 Å². The zero-order chi connectivity index (χ0) is 30.6. The Balaban J connectivity index is 1.48. The fourth-order valence-corrected chi connectivity index (χ4v) is 6.45. The highest BCUT2D eigenvalue weighted by atomic mass is 32.1. The number of carboxylic acids is 1. The highest BCUT2D eigenvalue weighted by Crippen LogP contribution is 2.47. The Morgan fingerprint density at radius 3 is 2.33 bits per heavy atom. The number of hydrogen-bond acceptors (Lipinski definition) is 6. The fourth-order valence-electron chi connectivity index (χ4n) is 5.68. The van der Waals surface area contributed by atoms with E-state index in [9.17, 15) is 40.6 Å². The maximum Gasteiger partial charge on any atom is 0.416 e. The molecule has 0 aliphatic carbocycles. The van der Waals surface area contributed by atoms with Crippen LogP contribution in [0, 0.1) is 24.6 Å². The molecule has 2 aliphatic rings. The molecule has 0 saturated carbocycles. The normalized spacial score (nSPS) is 23.6. The summed E-state index contributed by atoms with van der Waals surface area (Å²) in [4.78, 5) is 17.6. The molecule has 6 nitrogen and oxygen atoms in total. The smallest absolute Gasteiger partial charge is 0.416 e. The van der Waals surface area contributed by atoms with Crippen molar-refractivity contribution in [1.29, 1.82) is 0 Å². The third-order valence-electron chi connectivity index (χ3n) is 7.70. The molecule has 3 heterocycles.